The molecule has 35 heteroatoms. The van der Waals surface area contributed by atoms with Crippen LogP contribution in [0.5, 0.6) is 0 Å². The molecule has 9 amide bonds. The molecule has 0 saturated carbocycles. The molecule has 2 aromatic heterocycles. The van der Waals surface area contributed by atoms with E-state index in [0.29, 0.717) is 80.6 Å². The number of primary amides is 2. The van der Waals surface area contributed by atoms with E-state index >= 15 is 0 Å². The highest BCUT2D eigenvalue weighted by molar-refractivity contribution is 6.32. The topological polar surface area (TPSA) is 380 Å². The Morgan fingerprint density at radius 3 is 1.25 bits per heavy atom. The number of nitrogens with zero attached hydrogens (tertiary/aromatic N) is 6. The number of aliphatic carboxylic acids is 1. The van der Waals surface area contributed by atoms with Gasteiger partial charge in [-0.2, -0.15) is 4.99 Å². The minimum Gasteiger partial charge on any atom is -0.480 e. The van der Waals surface area contributed by atoms with Crippen LogP contribution >= 0.6 is 46.4 Å². The molecule has 0 fully saturated rings. The Hall–Kier alpha value is -14.1. The Morgan fingerprint density at radius 2 is 0.822 bits per heavy atom. The van der Waals surface area contributed by atoms with E-state index in [9.17, 15) is 70.6 Å². The highest BCUT2D eigenvalue weighted by atomic mass is 35.5. The van der Waals surface area contributed by atoms with Crippen molar-refractivity contribution in [1.29, 1.82) is 0 Å². The van der Waals surface area contributed by atoms with E-state index in [4.69, 9.17) is 73.1 Å². The summed E-state index contributed by atoms with van der Waals surface area (Å²) < 4.78 is 68.1. The zero-order chi connectivity index (χ0) is 93.3. The fourth-order valence-electron chi connectivity index (χ4n) is 14.3. The van der Waals surface area contributed by atoms with E-state index in [1.54, 1.807) is 169 Å². The van der Waals surface area contributed by atoms with Gasteiger partial charge in [0.15, 0.2) is 0 Å². The molecule has 0 spiro atoms. The third-order valence-electron chi connectivity index (χ3n) is 20.3. The lowest BCUT2D eigenvalue weighted by molar-refractivity contribution is -0.138. The molecule has 16 rings (SSSR count). The Bertz CT molecular complexity index is 6240. The van der Waals surface area contributed by atoms with Gasteiger partial charge in [0.25, 0.3) is 0 Å². The standard InChI is InChI=1S/C26H21ClFN5O3.C21H22ClFN2O3.C16H14ClFN2O.C14H17NO4.C10H7N3O2.C7H7ClFN/c27-18-9-5-7-16(23(18)28)13-30-24(34)22-12-15-6-1-3-10-20(15)33(22)26(36)31-19-14-32(25(29)35)21-11-4-2-8-17(19)21;1-21(2,3)28-20(27)25-16-10-5-4-7-13(16)11-17(25)19(26)24-12-14-8-6-9-15(22)18(14)23;17-12-6-3-5-11(15(12)18)9-19-16(21)14-8-10-4-1-2-7-13(10)20-14;1-14(2,3)19-13(18)15-10-7-5-4-6-9(10)8-11(15)12(16)17;11-10(15)13-5-8(12-6-14)7-3-1-2-4-9(7)13;8-6-3-1-2-5(4-10)7(6)9/h1-11,14,22H,12-13H2,(H2,29,35)(H,30,34)(H,31,36);4-10,17H,11-12H2,1-3H3,(H,24,26);1-7,14,20H,8-9H2,(H,19,21);4-7,11H,8H2,1-3H3,(H,16,17);1-5H,(H2,11,15);1-3H,4,10H2/t22-;17-;14-;11-;;/m0000../s1. The Balaban J connectivity index is 0.000000156. The number of hydrogen-bond acceptors (Lipinski definition) is 15. The number of para-hydroxylation sites is 6. The van der Waals surface area contributed by atoms with Crippen LogP contribution in [0.4, 0.5) is 75.7 Å². The van der Waals surface area contributed by atoms with Crippen LogP contribution in [0.15, 0.2) is 236 Å². The van der Waals surface area contributed by atoms with Crippen molar-refractivity contribution in [3.8, 4) is 0 Å². The number of carboxylic acids is 1. The molecule has 10 aromatic carbocycles. The first-order valence-electron chi connectivity index (χ1n) is 40.0. The molecule has 129 heavy (non-hydrogen) atoms. The Labute approximate surface area is 758 Å². The maximum atomic E-state index is 14.3. The first-order chi connectivity index (χ1) is 61.4. The molecule has 4 atom stereocenters. The summed E-state index contributed by atoms with van der Waals surface area (Å²) in [6.45, 7) is 10.8. The third-order valence-corrected chi connectivity index (χ3v) is 21.5. The van der Waals surface area contributed by atoms with Crippen LogP contribution in [0.25, 0.3) is 21.8 Å². The maximum absolute atomic E-state index is 14.3. The monoisotopic (exact) mass is 1840 g/mol. The molecule has 0 unspecified atom stereocenters. The maximum Gasteiger partial charge on any atom is 0.415 e. The number of hydrogen-bond donors (Lipinski definition) is 9. The second-order valence-corrected chi connectivity index (χ2v) is 33.0. The van der Waals surface area contributed by atoms with Crippen molar-refractivity contribution in [2.45, 2.75) is 129 Å². The predicted octanol–water partition coefficient (Wildman–Crippen LogP) is 18.1. The van der Waals surface area contributed by atoms with Gasteiger partial charge >= 0.3 is 36.2 Å². The lowest BCUT2D eigenvalue weighted by Gasteiger charge is -2.28. The van der Waals surface area contributed by atoms with Gasteiger partial charge in [0.05, 0.1) is 48.2 Å². The van der Waals surface area contributed by atoms with Gasteiger partial charge < -0.3 is 58.4 Å². The van der Waals surface area contributed by atoms with Crippen LogP contribution in [0.3, 0.4) is 0 Å². The van der Waals surface area contributed by atoms with Crippen molar-refractivity contribution in [2.24, 2.45) is 22.2 Å². The Kier molecular flexibility index (Phi) is 31.5. The minimum absolute atomic E-state index is 0.00426. The SMILES string of the molecule is CC(C)(C)OC(=O)N1c2ccccc2C[C@H]1C(=O)NCc1cccc(Cl)c1F.CC(C)(C)OC(=O)N1c2ccccc2C[C@H]1C(=O)O.NC(=O)n1cc(N=C=O)c2ccccc21.NC(=O)n1cc(NC(=O)N2c3ccccc3C[C@H]2C(=O)NCc2cccc(Cl)c2F)c2ccccc21.NCc1cccc(Cl)c1F.O=C(NCc1cccc(Cl)c1F)[C@@H]1Cc2ccccc2N1. The molecule has 0 radical (unpaired) electrons. The van der Waals surface area contributed by atoms with E-state index < -0.39 is 94.8 Å². The van der Waals surface area contributed by atoms with Crippen molar-refractivity contribution in [3.63, 3.8) is 0 Å². The number of fused-ring (bicyclic) bond motifs is 6. The molecule has 4 aliphatic heterocycles. The molecule has 27 nitrogen and oxygen atoms in total. The van der Waals surface area contributed by atoms with Gasteiger partial charge in [0.2, 0.25) is 23.8 Å². The normalized spacial score (nSPS) is 14.7. The summed E-state index contributed by atoms with van der Waals surface area (Å²) in [5.74, 6) is -4.07. The van der Waals surface area contributed by atoms with Crippen molar-refractivity contribution >= 4 is 162 Å². The largest absolute Gasteiger partial charge is 0.480 e. The molecule has 0 bridgehead atoms. The molecule has 668 valence electrons. The highest BCUT2D eigenvalue weighted by Gasteiger charge is 2.43. The molecule has 12 N–H and O–H groups in total. The number of anilines is 5. The number of carboxylic acid groups (broad SMARTS) is 1. The minimum atomic E-state index is -1.03. The number of aromatic nitrogens is 2. The summed E-state index contributed by atoms with van der Waals surface area (Å²) in [5.41, 5.74) is 24.3. The van der Waals surface area contributed by atoms with Crippen molar-refractivity contribution in [3.05, 3.63) is 319 Å². The zero-order valence-electron chi connectivity index (χ0n) is 70.2. The second kappa shape index (κ2) is 42.5. The van der Waals surface area contributed by atoms with Gasteiger partial charge in [0, 0.05) is 109 Å². The van der Waals surface area contributed by atoms with Gasteiger partial charge in [-0.1, -0.05) is 204 Å². The van der Waals surface area contributed by atoms with Gasteiger partial charge in [-0.25, -0.2) is 51.1 Å². The van der Waals surface area contributed by atoms with Crippen LogP contribution in [0, 0.1) is 23.3 Å². The molecule has 4 aliphatic rings. The van der Waals surface area contributed by atoms with Crippen LogP contribution in [-0.2, 0) is 85.3 Å². The van der Waals surface area contributed by atoms with Gasteiger partial charge in [0.1, 0.15) is 64.3 Å². The molecular weight excluding hydrogens is 1750 g/mol. The average molecular weight is 1840 g/mol. The lowest BCUT2D eigenvalue weighted by Crippen LogP contribution is -2.49. The van der Waals surface area contributed by atoms with Crippen LogP contribution < -0.4 is 58.5 Å². The van der Waals surface area contributed by atoms with E-state index in [1.807, 2.05) is 60.7 Å². The molecule has 12 aromatic rings. The lowest BCUT2D eigenvalue weighted by atomic mass is 10.1. The second-order valence-electron chi connectivity index (χ2n) is 31.4. The van der Waals surface area contributed by atoms with E-state index in [-0.39, 0.29) is 81.7 Å². The number of isocyanates is 1. The van der Waals surface area contributed by atoms with Crippen molar-refractivity contribution < 1.29 is 80.1 Å². The predicted molar refractivity (Wildman–Crippen MR) is 487 cm³/mol. The van der Waals surface area contributed by atoms with Crippen molar-refractivity contribution in [2.75, 3.05) is 25.3 Å². The summed E-state index contributed by atoms with van der Waals surface area (Å²) in [6, 6.07) is 57.6. The van der Waals surface area contributed by atoms with Gasteiger partial charge in [-0.15, -0.1) is 0 Å². The number of amides is 9. The molecule has 0 saturated heterocycles. The first-order valence-corrected chi connectivity index (χ1v) is 41.5. The van der Waals surface area contributed by atoms with E-state index in [1.165, 1.54) is 72.6 Å². The number of nitrogens with two attached hydrogens (primary N) is 3. The fourth-order valence-corrected chi connectivity index (χ4v) is 15.1. The summed E-state index contributed by atoms with van der Waals surface area (Å²) in [7, 11) is 0. The average Bonchev–Trinajstić information content (AvgIpc) is 1.62. The van der Waals surface area contributed by atoms with Crippen LogP contribution in [-0.4, -0.2) is 110 Å². The van der Waals surface area contributed by atoms with Crippen LogP contribution in [0.2, 0.25) is 20.1 Å². The summed E-state index contributed by atoms with van der Waals surface area (Å²) in [4.78, 5) is 129. The number of benzene rings is 10. The number of ether oxygens (including phenoxy) is 2. The number of aliphatic imine (C=N–C) groups is 1. The number of urea groups is 1. The smallest absolute Gasteiger partial charge is 0.415 e. The van der Waals surface area contributed by atoms with E-state index in [0.717, 1.165) is 27.9 Å². The number of rotatable bonds is 13. The number of nitrogens with one attached hydrogen (secondary N) is 5. The highest BCUT2D eigenvalue weighted by Crippen LogP contribution is 2.39. The fraction of sp³-hybridized carbons (Fsp3) is 0.213. The number of carbonyl (C=O) groups excluding carboxylic acids is 9. The van der Waals surface area contributed by atoms with Crippen molar-refractivity contribution in [1.82, 2.24) is 25.1 Å². The number of halogens is 8. The molecule has 6 heterocycles. The number of carbonyl (C=O) groups is 9. The molecular formula is C94H88Cl4F4N14O13. The quantitative estimate of drug-likeness (QED) is 0.0294. The summed E-state index contributed by atoms with van der Waals surface area (Å²) in [5, 5.41) is 24.9. The van der Waals surface area contributed by atoms with E-state index in [2.05, 4.69) is 31.6 Å². The van der Waals surface area contributed by atoms with Gasteiger partial charge in [-0.3, -0.25) is 38.2 Å². The summed E-state index contributed by atoms with van der Waals surface area (Å²) in [6.07, 6.45) is 4.69. The zero-order valence-corrected chi connectivity index (χ0v) is 73.2. The van der Waals surface area contributed by atoms with Crippen LogP contribution in [0.1, 0.15) is 86.1 Å². The van der Waals surface area contributed by atoms with Gasteiger partial charge in [-0.05, 0) is 124 Å². The summed E-state index contributed by atoms with van der Waals surface area (Å²) >= 11 is 22.8. The third kappa shape index (κ3) is 23.6. The first kappa shape index (κ1) is 95.6. The Morgan fingerprint density at radius 1 is 0.457 bits per heavy atom. The molecule has 0 aliphatic carbocycles.